The van der Waals surface area contributed by atoms with Crippen molar-refractivity contribution < 1.29 is 9.90 Å². The molecule has 1 aliphatic carbocycles. The standard InChI is InChI=1S/C15H24N4O2/c1-18-9-10-19(11-12(18)13-16-7-8-17-13)14(20)15(21)5-3-2-4-6-15/h7-8,12,21H,2-6,9-11H2,1H3,(H,16,17)/t12-/m1/s1. The van der Waals surface area contributed by atoms with Gasteiger partial charge in [-0.05, 0) is 19.9 Å². The molecule has 1 saturated heterocycles. The third-order valence-corrected chi connectivity index (χ3v) is 4.85. The van der Waals surface area contributed by atoms with Crippen LogP contribution in [0.4, 0.5) is 0 Å². The molecule has 116 valence electrons. The van der Waals surface area contributed by atoms with Crippen LogP contribution in [0.2, 0.25) is 0 Å². The van der Waals surface area contributed by atoms with E-state index in [1.807, 2.05) is 11.9 Å². The van der Waals surface area contributed by atoms with Crippen molar-refractivity contribution >= 4 is 5.91 Å². The number of amides is 1. The van der Waals surface area contributed by atoms with Gasteiger partial charge in [0.25, 0.3) is 5.91 Å². The Balaban J connectivity index is 1.72. The molecule has 6 heteroatoms. The molecule has 1 amide bonds. The fourth-order valence-corrected chi connectivity index (χ4v) is 3.46. The van der Waals surface area contributed by atoms with E-state index in [0.29, 0.717) is 25.9 Å². The first-order valence-corrected chi connectivity index (χ1v) is 7.81. The first-order valence-electron chi connectivity index (χ1n) is 7.81. The molecule has 2 N–H and O–H groups in total. The van der Waals surface area contributed by atoms with Crippen molar-refractivity contribution in [2.75, 3.05) is 26.7 Å². The Bertz CT molecular complexity index is 482. The van der Waals surface area contributed by atoms with E-state index in [-0.39, 0.29) is 11.9 Å². The van der Waals surface area contributed by atoms with E-state index in [0.717, 1.165) is 31.6 Å². The first-order chi connectivity index (χ1) is 10.1. The summed E-state index contributed by atoms with van der Waals surface area (Å²) in [5, 5.41) is 10.6. The Morgan fingerprint density at radius 2 is 2.14 bits per heavy atom. The molecule has 1 aromatic rings. The van der Waals surface area contributed by atoms with Crippen LogP contribution < -0.4 is 0 Å². The maximum Gasteiger partial charge on any atom is 0.254 e. The second kappa shape index (κ2) is 5.77. The number of aromatic nitrogens is 2. The highest BCUT2D eigenvalue weighted by Gasteiger charge is 2.42. The second-order valence-corrected chi connectivity index (χ2v) is 6.31. The predicted molar refractivity (Wildman–Crippen MR) is 78.6 cm³/mol. The zero-order valence-electron chi connectivity index (χ0n) is 12.6. The van der Waals surface area contributed by atoms with Gasteiger partial charge in [-0.15, -0.1) is 0 Å². The van der Waals surface area contributed by atoms with Gasteiger partial charge < -0.3 is 15.0 Å². The van der Waals surface area contributed by atoms with Gasteiger partial charge in [0.05, 0.1) is 6.04 Å². The van der Waals surface area contributed by atoms with Gasteiger partial charge >= 0.3 is 0 Å². The van der Waals surface area contributed by atoms with Crippen LogP contribution in [0.25, 0.3) is 0 Å². The van der Waals surface area contributed by atoms with Gasteiger partial charge in [-0.25, -0.2) is 4.98 Å². The molecule has 21 heavy (non-hydrogen) atoms. The van der Waals surface area contributed by atoms with Gasteiger partial charge in [-0.1, -0.05) is 19.3 Å². The summed E-state index contributed by atoms with van der Waals surface area (Å²) in [6.45, 7) is 2.06. The molecule has 1 aliphatic heterocycles. The lowest BCUT2D eigenvalue weighted by Gasteiger charge is -2.42. The molecule has 3 rings (SSSR count). The molecule has 1 aromatic heterocycles. The quantitative estimate of drug-likeness (QED) is 0.850. The van der Waals surface area contributed by atoms with E-state index in [1.54, 1.807) is 12.4 Å². The molecule has 0 spiro atoms. The molecular weight excluding hydrogens is 268 g/mol. The number of hydrogen-bond donors (Lipinski definition) is 2. The number of carbonyl (C=O) groups excluding carboxylic acids is 1. The van der Waals surface area contributed by atoms with Crippen molar-refractivity contribution in [3.63, 3.8) is 0 Å². The van der Waals surface area contributed by atoms with Crippen LogP contribution >= 0.6 is 0 Å². The highest BCUT2D eigenvalue weighted by Crippen LogP contribution is 2.31. The minimum Gasteiger partial charge on any atom is -0.380 e. The van der Waals surface area contributed by atoms with E-state index >= 15 is 0 Å². The molecule has 2 fully saturated rings. The summed E-state index contributed by atoms with van der Waals surface area (Å²) in [6.07, 6.45) is 7.74. The largest absolute Gasteiger partial charge is 0.380 e. The topological polar surface area (TPSA) is 72.5 Å². The van der Waals surface area contributed by atoms with Gasteiger partial charge in [0, 0.05) is 32.0 Å². The SMILES string of the molecule is CN1CCN(C(=O)C2(O)CCCCC2)C[C@@H]1c1ncc[nH]1. The van der Waals surface area contributed by atoms with Crippen molar-refractivity contribution in [1.82, 2.24) is 19.8 Å². The number of nitrogens with zero attached hydrogens (tertiary/aromatic N) is 3. The van der Waals surface area contributed by atoms with Crippen molar-refractivity contribution in [1.29, 1.82) is 0 Å². The van der Waals surface area contributed by atoms with Crippen LogP contribution in [0, 0.1) is 0 Å². The molecular formula is C15H24N4O2. The molecule has 0 aromatic carbocycles. The van der Waals surface area contributed by atoms with Crippen LogP contribution in [0.3, 0.4) is 0 Å². The van der Waals surface area contributed by atoms with E-state index in [4.69, 9.17) is 0 Å². The summed E-state index contributed by atoms with van der Waals surface area (Å²) < 4.78 is 0. The highest BCUT2D eigenvalue weighted by molar-refractivity contribution is 5.85. The number of likely N-dealkylation sites (N-methyl/N-ethyl adjacent to an activating group) is 1. The van der Waals surface area contributed by atoms with Gasteiger partial charge in [0.1, 0.15) is 11.4 Å². The average Bonchev–Trinajstić information content (AvgIpc) is 3.02. The minimum atomic E-state index is -1.14. The summed E-state index contributed by atoms with van der Waals surface area (Å²) in [6, 6.07) is 0.0740. The number of nitrogens with one attached hydrogen (secondary N) is 1. The average molecular weight is 292 g/mol. The fourth-order valence-electron chi connectivity index (χ4n) is 3.46. The number of imidazole rings is 1. The Hall–Kier alpha value is -1.40. The van der Waals surface area contributed by atoms with Crippen LogP contribution in [0.15, 0.2) is 12.4 Å². The molecule has 1 atom stereocenters. The van der Waals surface area contributed by atoms with Gasteiger partial charge in [-0.3, -0.25) is 9.69 Å². The summed E-state index contributed by atoms with van der Waals surface area (Å²) in [5.74, 6) is 0.789. The molecule has 6 nitrogen and oxygen atoms in total. The van der Waals surface area contributed by atoms with Crippen molar-refractivity contribution in [3.05, 3.63) is 18.2 Å². The summed E-state index contributed by atoms with van der Waals surface area (Å²) >= 11 is 0. The number of carbonyl (C=O) groups is 1. The molecule has 1 saturated carbocycles. The number of rotatable bonds is 2. The zero-order valence-corrected chi connectivity index (χ0v) is 12.6. The Morgan fingerprint density at radius 1 is 1.38 bits per heavy atom. The maximum atomic E-state index is 12.7. The summed E-state index contributed by atoms with van der Waals surface area (Å²) in [5.41, 5.74) is -1.14. The normalized spacial score (nSPS) is 26.8. The molecule has 2 aliphatic rings. The molecule has 0 unspecified atom stereocenters. The zero-order chi connectivity index (χ0) is 14.9. The van der Waals surface area contributed by atoms with Gasteiger partial charge in [-0.2, -0.15) is 0 Å². The van der Waals surface area contributed by atoms with Crippen molar-refractivity contribution in [2.24, 2.45) is 0 Å². The Kier molecular flexibility index (Phi) is 3.99. The van der Waals surface area contributed by atoms with Gasteiger partial charge in [0.15, 0.2) is 0 Å². The second-order valence-electron chi connectivity index (χ2n) is 6.31. The third-order valence-electron chi connectivity index (χ3n) is 4.85. The van der Waals surface area contributed by atoms with E-state index in [1.165, 1.54) is 0 Å². The fraction of sp³-hybridized carbons (Fsp3) is 0.733. The summed E-state index contributed by atoms with van der Waals surface area (Å²) in [4.78, 5) is 24.2. The highest BCUT2D eigenvalue weighted by atomic mass is 16.3. The lowest BCUT2D eigenvalue weighted by Crippen LogP contribution is -2.56. The maximum absolute atomic E-state index is 12.7. The van der Waals surface area contributed by atoms with Crippen LogP contribution in [0.5, 0.6) is 0 Å². The number of aliphatic hydroxyl groups is 1. The van der Waals surface area contributed by atoms with Crippen molar-refractivity contribution in [2.45, 2.75) is 43.7 Å². The van der Waals surface area contributed by atoms with E-state index in [9.17, 15) is 9.90 Å². The van der Waals surface area contributed by atoms with Crippen LogP contribution in [-0.4, -0.2) is 63.1 Å². The minimum absolute atomic E-state index is 0.0740. The Morgan fingerprint density at radius 3 is 2.81 bits per heavy atom. The monoisotopic (exact) mass is 292 g/mol. The molecule has 0 bridgehead atoms. The number of H-pyrrole nitrogens is 1. The number of hydrogen-bond acceptors (Lipinski definition) is 4. The van der Waals surface area contributed by atoms with E-state index < -0.39 is 5.60 Å². The Labute approximate surface area is 125 Å². The first kappa shape index (κ1) is 14.5. The molecule has 0 radical (unpaired) electrons. The van der Waals surface area contributed by atoms with E-state index in [2.05, 4.69) is 14.9 Å². The van der Waals surface area contributed by atoms with Crippen LogP contribution in [0.1, 0.15) is 44.0 Å². The molecule has 2 heterocycles. The van der Waals surface area contributed by atoms with Gasteiger partial charge in [0.2, 0.25) is 0 Å². The number of piperazine rings is 1. The third kappa shape index (κ3) is 2.82. The summed E-state index contributed by atoms with van der Waals surface area (Å²) in [7, 11) is 2.05. The number of aromatic amines is 1. The smallest absolute Gasteiger partial charge is 0.254 e. The predicted octanol–water partition coefficient (Wildman–Crippen LogP) is 0.920. The van der Waals surface area contributed by atoms with Crippen molar-refractivity contribution in [3.8, 4) is 0 Å². The lowest BCUT2D eigenvalue weighted by atomic mass is 9.83. The lowest BCUT2D eigenvalue weighted by molar-refractivity contribution is -0.157. The van der Waals surface area contributed by atoms with Crippen LogP contribution in [-0.2, 0) is 4.79 Å².